The lowest BCUT2D eigenvalue weighted by molar-refractivity contribution is -0.293. The first-order chi connectivity index (χ1) is 10.9. The molecule has 11 heteroatoms. The van der Waals surface area contributed by atoms with Gasteiger partial charge in [-0.25, -0.2) is 0 Å². The first-order valence-electron chi connectivity index (χ1n) is 6.41. The van der Waals surface area contributed by atoms with Crippen LogP contribution >= 0.6 is 12.2 Å². The second-order valence-electron chi connectivity index (χ2n) is 5.09. The van der Waals surface area contributed by atoms with Gasteiger partial charge in [-0.15, -0.1) is 0 Å². The van der Waals surface area contributed by atoms with E-state index in [0.29, 0.717) is 0 Å². The zero-order valence-electron chi connectivity index (χ0n) is 11.6. The lowest BCUT2D eigenvalue weighted by Gasteiger charge is -2.46. The fourth-order valence-corrected chi connectivity index (χ4v) is 2.74. The maximum atomic E-state index is 13.3. The number of nitrogens with one attached hydrogen (secondary N) is 2. The van der Waals surface area contributed by atoms with Crippen LogP contribution in [0.25, 0.3) is 0 Å². The van der Waals surface area contributed by atoms with Gasteiger partial charge in [0.15, 0.2) is 5.11 Å². The number of alkyl halides is 6. The molecule has 0 amide bonds. The molecule has 1 aromatic rings. The number of rotatable bonds is 2. The molecule has 3 N–H and O–H groups in total. The summed E-state index contributed by atoms with van der Waals surface area (Å²) in [5.74, 6) is -5.65. The Kier molecular flexibility index (Phi) is 4.53. The van der Waals surface area contributed by atoms with Crippen molar-refractivity contribution >= 4 is 23.1 Å². The van der Waals surface area contributed by atoms with Crippen molar-refractivity contribution in [1.82, 2.24) is 10.6 Å². The van der Waals surface area contributed by atoms with Gasteiger partial charge in [0.05, 0.1) is 6.04 Å². The molecule has 1 heterocycles. The summed E-state index contributed by atoms with van der Waals surface area (Å²) in [6, 6.07) is 4.84. The van der Waals surface area contributed by atoms with Crippen LogP contribution in [0, 0.1) is 5.92 Å². The van der Waals surface area contributed by atoms with Gasteiger partial charge in [-0.1, -0.05) is 30.3 Å². The lowest BCUT2D eigenvalue weighted by Crippen LogP contribution is -2.73. The summed E-state index contributed by atoms with van der Waals surface area (Å²) in [5.41, 5.74) is -4.23. The van der Waals surface area contributed by atoms with Crippen molar-refractivity contribution in [2.24, 2.45) is 5.92 Å². The quantitative estimate of drug-likeness (QED) is 0.549. The third kappa shape index (κ3) is 3.18. The fourth-order valence-electron chi connectivity index (χ4n) is 2.45. The summed E-state index contributed by atoms with van der Waals surface area (Å²) < 4.78 is 78.3. The van der Waals surface area contributed by atoms with Crippen molar-refractivity contribution in [2.75, 3.05) is 0 Å². The third-order valence-electron chi connectivity index (χ3n) is 3.53. The fraction of sp³-hybridized carbons (Fsp3) is 0.385. The predicted molar refractivity (Wildman–Crippen MR) is 73.6 cm³/mol. The average molecular weight is 372 g/mol. The highest BCUT2D eigenvalue weighted by Crippen LogP contribution is 2.45. The molecule has 24 heavy (non-hydrogen) atoms. The smallest absolute Gasteiger partial charge is 0.363 e. The van der Waals surface area contributed by atoms with Crippen LogP contribution in [0.3, 0.4) is 0 Å². The highest BCUT2D eigenvalue weighted by molar-refractivity contribution is 7.80. The predicted octanol–water partition coefficient (Wildman–Crippen LogP) is 2.20. The number of carbonyl (C=O) groups excluding carboxylic acids is 1. The summed E-state index contributed by atoms with van der Waals surface area (Å²) in [7, 11) is 0. The maximum Gasteiger partial charge on any atom is 0.450 e. The van der Waals surface area contributed by atoms with Gasteiger partial charge >= 0.3 is 12.4 Å². The SMILES string of the molecule is O=C([C@@H]1[C@H](c2ccccc2)NC(=S)N[C@]1(O)C(F)(F)F)C(F)(F)F. The molecule has 1 fully saturated rings. The van der Waals surface area contributed by atoms with Crippen LogP contribution in [0.5, 0.6) is 0 Å². The molecule has 1 aromatic carbocycles. The van der Waals surface area contributed by atoms with E-state index in [4.69, 9.17) is 0 Å². The number of carbonyl (C=O) groups is 1. The van der Waals surface area contributed by atoms with Gasteiger partial charge in [-0.3, -0.25) is 4.79 Å². The highest BCUT2D eigenvalue weighted by Gasteiger charge is 2.68. The molecule has 1 aliphatic heterocycles. The average Bonchev–Trinajstić information content (AvgIpc) is 2.44. The minimum absolute atomic E-state index is 0.0633. The largest absolute Gasteiger partial charge is 0.450 e. The minimum Gasteiger partial charge on any atom is -0.363 e. The first-order valence-corrected chi connectivity index (χ1v) is 6.82. The maximum absolute atomic E-state index is 13.3. The minimum atomic E-state index is -5.59. The Hall–Kier alpha value is -1.88. The molecule has 0 saturated carbocycles. The molecule has 0 aromatic heterocycles. The van der Waals surface area contributed by atoms with E-state index < -0.39 is 40.9 Å². The molecule has 0 bridgehead atoms. The molecule has 1 aliphatic rings. The van der Waals surface area contributed by atoms with E-state index in [1.54, 1.807) is 0 Å². The molecule has 4 nitrogen and oxygen atoms in total. The second-order valence-corrected chi connectivity index (χ2v) is 5.50. The van der Waals surface area contributed by atoms with Crippen LogP contribution in [-0.4, -0.2) is 34.1 Å². The van der Waals surface area contributed by atoms with E-state index in [1.165, 1.54) is 35.6 Å². The van der Waals surface area contributed by atoms with Gasteiger partial charge in [0.1, 0.15) is 5.92 Å². The standard InChI is InChI=1S/C13H10F6N2O2S/c14-12(15,16)9(22)7-8(6-4-2-1-3-5-6)20-10(24)21-11(7,23)13(17,18)19/h1-5,7-8,23H,(H2,20,21,24)/t7-,8-,11+/m0/s1. The molecular formula is C13H10F6N2O2S. The van der Waals surface area contributed by atoms with E-state index >= 15 is 0 Å². The van der Waals surface area contributed by atoms with Gasteiger partial charge in [-0.05, 0) is 17.8 Å². The lowest BCUT2D eigenvalue weighted by atomic mass is 9.79. The highest BCUT2D eigenvalue weighted by atomic mass is 32.1. The van der Waals surface area contributed by atoms with Crippen LogP contribution in [0.15, 0.2) is 30.3 Å². The summed E-state index contributed by atoms with van der Waals surface area (Å²) >= 11 is 4.56. The Labute approximate surface area is 136 Å². The zero-order chi connectivity index (χ0) is 18.3. The molecule has 0 radical (unpaired) electrons. The van der Waals surface area contributed by atoms with Crippen molar-refractivity contribution in [3.05, 3.63) is 35.9 Å². The summed E-state index contributed by atoms with van der Waals surface area (Å²) in [5, 5.41) is 12.8. The molecule has 0 aliphatic carbocycles. The van der Waals surface area contributed by atoms with Crippen molar-refractivity contribution in [3.63, 3.8) is 0 Å². The van der Waals surface area contributed by atoms with Gasteiger partial charge in [-0.2, -0.15) is 26.3 Å². The monoisotopic (exact) mass is 372 g/mol. The number of ketones is 1. The van der Waals surface area contributed by atoms with Gasteiger partial charge in [0, 0.05) is 0 Å². The van der Waals surface area contributed by atoms with Crippen LogP contribution in [0.4, 0.5) is 26.3 Å². The summed E-state index contributed by atoms with van der Waals surface area (Å²) in [6.07, 6.45) is -11.2. The van der Waals surface area contributed by atoms with E-state index in [0.717, 1.165) is 0 Å². The van der Waals surface area contributed by atoms with Crippen LogP contribution in [0.1, 0.15) is 11.6 Å². The summed E-state index contributed by atoms with van der Waals surface area (Å²) in [4.78, 5) is 11.7. The topological polar surface area (TPSA) is 61.4 Å². The van der Waals surface area contributed by atoms with Crippen LogP contribution in [0.2, 0.25) is 0 Å². The van der Waals surface area contributed by atoms with Crippen molar-refractivity contribution in [2.45, 2.75) is 24.1 Å². The Bertz CT molecular complexity index is 648. The van der Waals surface area contributed by atoms with Crippen molar-refractivity contribution in [1.29, 1.82) is 0 Å². The number of hydrogen-bond donors (Lipinski definition) is 3. The number of benzene rings is 1. The normalized spacial score (nSPS) is 28.0. The van der Waals surface area contributed by atoms with E-state index in [1.807, 2.05) is 0 Å². The number of thiocarbonyl (C=S) groups is 1. The number of hydrogen-bond acceptors (Lipinski definition) is 3. The number of aliphatic hydroxyl groups is 1. The molecule has 2 rings (SSSR count). The molecular weight excluding hydrogens is 362 g/mol. The van der Waals surface area contributed by atoms with Crippen molar-refractivity contribution < 1.29 is 36.2 Å². The van der Waals surface area contributed by atoms with Crippen LogP contribution < -0.4 is 10.6 Å². The Morgan fingerprint density at radius 1 is 1.12 bits per heavy atom. The molecule has 3 atom stereocenters. The summed E-state index contributed by atoms with van der Waals surface area (Å²) in [6.45, 7) is 0. The zero-order valence-corrected chi connectivity index (χ0v) is 12.4. The van der Waals surface area contributed by atoms with Crippen LogP contribution in [-0.2, 0) is 4.79 Å². The van der Waals surface area contributed by atoms with Gasteiger partial charge < -0.3 is 15.7 Å². The van der Waals surface area contributed by atoms with Gasteiger partial charge in [0.25, 0.3) is 0 Å². The van der Waals surface area contributed by atoms with Gasteiger partial charge in [0.2, 0.25) is 11.5 Å². The third-order valence-corrected chi connectivity index (χ3v) is 3.75. The Balaban J connectivity index is 2.63. The molecule has 0 spiro atoms. The number of Topliss-reactive ketones (excluding diaryl/α,β-unsaturated/α-hetero) is 1. The van der Waals surface area contributed by atoms with E-state index in [2.05, 4.69) is 17.5 Å². The molecule has 0 unspecified atom stereocenters. The van der Waals surface area contributed by atoms with Crippen molar-refractivity contribution in [3.8, 4) is 0 Å². The first kappa shape index (κ1) is 18.5. The van der Waals surface area contributed by atoms with E-state index in [-0.39, 0.29) is 5.56 Å². The Morgan fingerprint density at radius 2 is 1.67 bits per heavy atom. The second kappa shape index (κ2) is 5.88. The molecule has 132 valence electrons. The molecule has 1 saturated heterocycles. The number of halogens is 6. The van der Waals surface area contributed by atoms with E-state index in [9.17, 15) is 36.2 Å². The Morgan fingerprint density at radius 3 is 2.12 bits per heavy atom.